The Labute approximate surface area is 227 Å². The highest BCUT2D eigenvalue weighted by atomic mass is 35.5. The minimum absolute atomic E-state index is 0.00684. The van der Waals surface area contributed by atoms with Crippen molar-refractivity contribution in [3.05, 3.63) is 99.0 Å². The lowest BCUT2D eigenvalue weighted by atomic mass is 9.85. The van der Waals surface area contributed by atoms with Gasteiger partial charge >= 0.3 is 0 Å². The van der Waals surface area contributed by atoms with E-state index in [9.17, 15) is 14.7 Å². The van der Waals surface area contributed by atoms with Crippen LogP contribution in [0, 0.1) is 0 Å². The number of aliphatic hydroxyl groups is 1. The summed E-state index contributed by atoms with van der Waals surface area (Å²) in [4.78, 5) is 28.2. The van der Waals surface area contributed by atoms with Crippen molar-refractivity contribution in [3.63, 3.8) is 0 Å². The molecule has 37 heavy (non-hydrogen) atoms. The zero-order valence-corrected chi connectivity index (χ0v) is 22.9. The van der Waals surface area contributed by atoms with Gasteiger partial charge < -0.3 is 9.84 Å². The molecule has 0 aliphatic carbocycles. The number of hydrogen-bond acceptors (Lipinski definition) is 4. The average molecular weight is 538 g/mol. The number of anilines is 1. The van der Waals surface area contributed by atoms with E-state index in [0.29, 0.717) is 27.6 Å². The van der Waals surface area contributed by atoms with Crippen molar-refractivity contribution in [2.24, 2.45) is 0 Å². The summed E-state index contributed by atoms with van der Waals surface area (Å²) >= 11 is 12.2. The first-order chi connectivity index (χ1) is 17.4. The van der Waals surface area contributed by atoms with E-state index in [1.165, 1.54) is 17.0 Å². The van der Waals surface area contributed by atoms with Crippen LogP contribution in [0.1, 0.15) is 57.4 Å². The van der Waals surface area contributed by atoms with Gasteiger partial charge in [-0.25, -0.2) is 0 Å². The van der Waals surface area contributed by atoms with E-state index >= 15 is 0 Å². The van der Waals surface area contributed by atoms with E-state index in [1.807, 2.05) is 38.1 Å². The number of amides is 1. The molecule has 0 aromatic heterocycles. The third-order valence-corrected chi connectivity index (χ3v) is 6.96. The predicted octanol–water partition coefficient (Wildman–Crippen LogP) is 7.70. The monoisotopic (exact) mass is 537 g/mol. The van der Waals surface area contributed by atoms with Crippen LogP contribution in [0.2, 0.25) is 10.0 Å². The predicted molar refractivity (Wildman–Crippen MR) is 149 cm³/mol. The summed E-state index contributed by atoms with van der Waals surface area (Å²) < 4.78 is 5.73. The molecule has 1 heterocycles. The number of carbonyl (C=O) groups is 2. The normalized spacial score (nSPS) is 17.5. The standard InChI is InChI=1S/C30H29Cl2NO4/c1-17(2)37-22-13-11-21(12-14-22)33-26(18-6-9-20(10-7-18)30(3,4)5)25(28(35)29(33)36)27(34)19-8-15-23(31)24(32)16-19/h6-17,26,34H,1-5H3/b27-25-. The number of ketones is 1. The van der Waals surface area contributed by atoms with Gasteiger partial charge in [-0.1, -0.05) is 68.2 Å². The van der Waals surface area contributed by atoms with Crippen LogP contribution >= 0.6 is 23.2 Å². The van der Waals surface area contributed by atoms with Crippen LogP contribution in [-0.4, -0.2) is 22.9 Å². The molecule has 1 aliphatic heterocycles. The zero-order valence-electron chi connectivity index (χ0n) is 21.4. The van der Waals surface area contributed by atoms with Gasteiger partial charge in [0.1, 0.15) is 11.5 Å². The maximum atomic E-state index is 13.4. The molecule has 1 saturated heterocycles. The van der Waals surface area contributed by atoms with Gasteiger partial charge in [-0.05, 0) is 72.9 Å². The first-order valence-electron chi connectivity index (χ1n) is 12.0. The third kappa shape index (κ3) is 5.39. The number of nitrogens with zero attached hydrogens (tertiary/aromatic N) is 1. The highest BCUT2D eigenvalue weighted by Crippen LogP contribution is 2.43. The molecule has 0 bridgehead atoms. The van der Waals surface area contributed by atoms with Crippen molar-refractivity contribution in [2.75, 3.05) is 4.90 Å². The summed E-state index contributed by atoms with van der Waals surface area (Å²) in [5.41, 5.74) is 2.51. The smallest absolute Gasteiger partial charge is 0.300 e. The molecular weight excluding hydrogens is 509 g/mol. The van der Waals surface area contributed by atoms with Crippen LogP contribution in [0.15, 0.2) is 72.3 Å². The average Bonchev–Trinajstić information content (AvgIpc) is 3.10. The molecule has 0 radical (unpaired) electrons. The summed E-state index contributed by atoms with van der Waals surface area (Å²) in [6, 6.07) is 18.5. The van der Waals surface area contributed by atoms with Gasteiger partial charge in [0, 0.05) is 11.3 Å². The molecular formula is C30H29Cl2NO4. The lowest BCUT2D eigenvalue weighted by Crippen LogP contribution is -2.29. The van der Waals surface area contributed by atoms with Crippen molar-refractivity contribution in [1.29, 1.82) is 0 Å². The Morgan fingerprint density at radius 2 is 1.54 bits per heavy atom. The van der Waals surface area contributed by atoms with Crippen LogP contribution in [0.25, 0.3) is 5.76 Å². The molecule has 0 saturated carbocycles. The van der Waals surface area contributed by atoms with Gasteiger partial charge in [0.25, 0.3) is 11.7 Å². The highest BCUT2D eigenvalue weighted by Gasteiger charge is 2.47. The fourth-order valence-electron chi connectivity index (χ4n) is 4.34. The first kappa shape index (κ1) is 26.8. The number of Topliss-reactive ketones (excluding diaryl/α,β-unsaturated/α-hetero) is 1. The highest BCUT2D eigenvalue weighted by molar-refractivity contribution is 6.51. The molecule has 5 nitrogen and oxygen atoms in total. The van der Waals surface area contributed by atoms with Crippen LogP contribution in [0.5, 0.6) is 5.75 Å². The largest absolute Gasteiger partial charge is 0.507 e. The number of rotatable bonds is 5. The van der Waals surface area contributed by atoms with E-state index in [4.69, 9.17) is 27.9 Å². The fraction of sp³-hybridized carbons (Fsp3) is 0.267. The van der Waals surface area contributed by atoms with Crippen molar-refractivity contribution < 1.29 is 19.4 Å². The van der Waals surface area contributed by atoms with E-state index in [2.05, 4.69) is 20.8 Å². The SMILES string of the molecule is CC(C)Oc1ccc(N2C(=O)C(=O)/C(=C(\O)c3ccc(Cl)c(Cl)c3)C2c2ccc(C(C)(C)C)cc2)cc1. The molecule has 7 heteroatoms. The van der Waals surface area contributed by atoms with Crippen LogP contribution < -0.4 is 9.64 Å². The summed E-state index contributed by atoms with van der Waals surface area (Å²) in [5.74, 6) is -1.18. The number of aliphatic hydroxyl groups excluding tert-OH is 1. The number of benzene rings is 3. The topological polar surface area (TPSA) is 66.8 Å². The second-order valence-electron chi connectivity index (χ2n) is 10.3. The Morgan fingerprint density at radius 3 is 2.08 bits per heavy atom. The van der Waals surface area contributed by atoms with Gasteiger partial charge in [-0.3, -0.25) is 14.5 Å². The van der Waals surface area contributed by atoms with Crippen molar-refractivity contribution in [3.8, 4) is 5.75 Å². The molecule has 1 aliphatic rings. The van der Waals surface area contributed by atoms with E-state index in [-0.39, 0.29) is 27.9 Å². The van der Waals surface area contributed by atoms with Gasteiger partial charge in [-0.2, -0.15) is 0 Å². The lowest BCUT2D eigenvalue weighted by molar-refractivity contribution is -0.132. The molecule has 3 aromatic carbocycles. The molecule has 1 unspecified atom stereocenters. The van der Waals surface area contributed by atoms with Crippen LogP contribution in [0.4, 0.5) is 5.69 Å². The summed E-state index contributed by atoms with van der Waals surface area (Å²) in [7, 11) is 0. The maximum Gasteiger partial charge on any atom is 0.300 e. The summed E-state index contributed by atoms with van der Waals surface area (Å²) in [5, 5.41) is 11.9. The molecule has 1 amide bonds. The molecule has 192 valence electrons. The number of hydrogen-bond donors (Lipinski definition) is 1. The van der Waals surface area contributed by atoms with Gasteiger partial charge in [-0.15, -0.1) is 0 Å². The Bertz CT molecular complexity index is 1370. The summed E-state index contributed by atoms with van der Waals surface area (Å²) in [6.45, 7) is 10.2. The Kier molecular flexibility index (Phi) is 7.40. The molecule has 1 N–H and O–H groups in total. The molecule has 1 fully saturated rings. The Morgan fingerprint density at radius 1 is 0.919 bits per heavy atom. The summed E-state index contributed by atoms with van der Waals surface area (Å²) in [6.07, 6.45) is -0.00684. The Balaban J connectivity index is 1.88. The molecule has 1 atom stereocenters. The second-order valence-corrected chi connectivity index (χ2v) is 11.1. The minimum atomic E-state index is -0.847. The van der Waals surface area contributed by atoms with Crippen LogP contribution in [-0.2, 0) is 15.0 Å². The quantitative estimate of drug-likeness (QED) is 0.205. The number of halogens is 2. The fourth-order valence-corrected chi connectivity index (χ4v) is 4.63. The van der Waals surface area contributed by atoms with Crippen molar-refractivity contribution in [2.45, 2.75) is 52.2 Å². The molecule has 4 rings (SSSR count). The second kappa shape index (κ2) is 10.2. The lowest BCUT2D eigenvalue weighted by Gasteiger charge is -2.27. The van der Waals surface area contributed by atoms with E-state index < -0.39 is 17.7 Å². The number of carbonyl (C=O) groups excluding carboxylic acids is 2. The van der Waals surface area contributed by atoms with Crippen molar-refractivity contribution in [1.82, 2.24) is 0 Å². The van der Waals surface area contributed by atoms with Crippen molar-refractivity contribution >= 4 is 46.3 Å². The van der Waals surface area contributed by atoms with E-state index in [1.54, 1.807) is 30.3 Å². The Hall–Kier alpha value is -3.28. The number of ether oxygens (including phenoxy) is 1. The van der Waals surface area contributed by atoms with Crippen LogP contribution in [0.3, 0.4) is 0 Å². The van der Waals surface area contributed by atoms with Gasteiger partial charge in [0.15, 0.2) is 0 Å². The van der Waals surface area contributed by atoms with Gasteiger partial charge in [0.2, 0.25) is 0 Å². The molecule has 0 spiro atoms. The van der Waals surface area contributed by atoms with E-state index in [0.717, 1.165) is 5.56 Å². The minimum Gasteiger partial charge on any atom is -0.507 e. The first-order valence-corrected chi connectivity index (χ1v) is 12.8. The third-order valence-electron chi connectivity index (χ3n) is 6.22. The zero-order chi connectivity index (χ0) is 27.1. The molecule has 3 aromatic rings. The maximum absolute atomic E-state index is 13.4. The van der Waals surface area contributed by atoms with Gasteiger partial charge in [0.05, 0.1) is 27.8 Å².